The van der Waals surface area contributed by atoms with Gasteiger partial charge in [0.1, 0.15) is 6.17 Å². The van der Waals surface area contributed by atoms with Crippen molar-refractivity contribution >= 4 is 0 Å². The van der Waals surface area contributed by atoms with E-state index < -0.39 is 6.17 Å². The number of hydrogen-bond donors (Lipinski definition) is 0. The van der Waals surface area contributed by atoms with E-state index in [2.05, 4.69) is 34.3 Å². The number of halogens is 1. The van der Waals surface area contributed by atoms with Gasteiger partial charge >= 0.3 is 0 Å². The third-order valence-electron chi connectivity index (χ3n) is 4.28. The Morgan fingerprint density at radius 2 is 1.83 bits per heavy atom. The fourth-order valence-electron chi connectivity index (χ4n) is 2.90. The van der Waals surface area contributed by atoms with Crippen LogP contribution >= 0.6 is 0 Å². The van der Waals surface area contributed by atoms with Gasteiger partial charge in [-0.05, 0) is 49.4 Å². The molecule has 2 unspecified atom stereocenters. The molecule has 106 valence electrons. The van der Waals surface area contributed by atoms with Gasteiger partial charge in [0.25, 0.3) is 0 Å². The van der Waals surface area contributed by atoms with Crippen molar-refractivity contribution in [3.8, 4) is 0 Å². The van der Waals surface area contributed by atoms with Gasteiger partial charge in [0.05, 0.1) is 0 Å². The van der Waals surface area contributed by atoms with Crippen LogP contribution in [0.3, 0.4) is 0 Å². The summed E-state index contributed by atoms with van der Waals surface area (Å²) in [6.07, 6.45) is 5.96. The molecule has 0 heterocycles. The molecule has 1 saturated carbocycles. The maximum absolute atomic E-state index is 14.0. The SMILES string of the molecule is C=C1C[C@H]1CC(F)[C@H](C)CCCC(C)CC(C)C. The lowest BCUT2D eigenvalue weighted by Gasteiger charge is -2.18. The molecule has 1 aliphatic carbocycles. The van der Waals surface area contributed by atoms with Crippen molar-refractivity contribution in [1.29, 1.82) is 0 Å². The molecule has 0 spiro atoms. The van der Waals surface area contributed by atoms with Gasteiger partial charge in [-0.25, -0.2) is 4.39 Å². The molecular formula is C17H31F. The molecule has 18 heavy (non-hydrogen) atoms. The van der Waals surface area contributed by atoms with Crippen molar-refractivity contribution in [2.75, 3.05) is 0 Å². The molecule has 0 saturated heterocycles. The highest BCUT2D eigenvalue weighted by Crippen LogP contribution is 2.41. The average molecular weight is 254 g/mol. The summed E-state index contributed by atoms with van der Waals surface area (Å²) in [5.41, 5.74) is 1.26. The molecule has 1 aliphatic rings. The van der Waals surface area contributed by atoms with E-state index in [9.17, 15) is 4.39 Å². The van der Waals surface area contributed by atoms with Crippen LogP contribution in [0.4, 0.5) is 4.39 Å². The minimum absolute atomic E-state index is 0.227. The highest BCUT2D eigenvalue weighted by molar-refractivity contribution is 5.18. The summed E-state index contributed by atoms with van der Waals surface area (Å²) in [4.78, 5) is 0. The molecule has 0 N–H and O–H groups in total. The molecule has 0 aromatic heterocycles. The monoisotopic (exact) mass is 254 g/mol. The van der Waals surface area contributed by atoms with Gasteiger partial charge < -0.3 is 0 Å². The van der Waals surface area contributed by atoms with Crippen LogP contribution in [0.1, 0.15) is 66.2 Å². The molecule has 0 radical (unpaired) electrons. The lowest BCUT2D eigenvalue weighted by atomic mass is 9.90. The van der Waals surface area contributed by atoms with Gasteiger partial charge in [-0.15, -0.1) is 0 Å². The zero-order valence-electron chi connectivity index (χ0n) is 12.7. The van der Waals surface area contributed by atoms with Crippen molar-refractivity contribution in [3.63, 3.8) is 0 Å². The van der Waals surface area contributed by atoms with Crippen LogP contribution in [0.5, 0.6) is 0 Å². The molecule has 0 aliphatic heterocycles. The van der Waals surface area contributed by atoms with Crippen LogP contribution in [0, 0.1) is 23.7 Å². The average Bonchev–Trinajstić information content (AvgIpc) is 2.92. The van der Waals surface area contributed by atoms with Crippen LogP contribution in [0.25, 0.3) is 0 Å². The lowest BCUT2D eigenvalue weighted by molar-refractivity contribution is 0.204. The first kappa shape index (κ1) is 15.7. The van der Waals surface area contributed by atoms with Crippen molar-refractivity contribution in [2.24, 2.45) is 23.7 Å². The normalized spacial score (nSPS) is 24.1. The Morgan fingerprint density at radius 3 is 2.33 bits per heavy atom. The van der Waals surface area contributed by atoms with E-state index in [4.69, 9.17) is 0 Å². The predicted molar refractivity (Wildman–Crippen MR) is 78.4 cm³/mol. The minimum atomic E-state index is -0.616. The second kappa shape index (κ2) is 7.31. The largest absolute Gasteiger partial charge is 0.247 e. The quantitative estimate of drug-likeness (QED) is 0.457. The molecule has 4 atom stereocenters. The fourth-order valence-corrected chi connectivity index (χ4v) is 2.90. The summed E-state index contributed by atoms with van der Waals surface area (Å²) in [5.74, 6) is 2.30. The van der Waals surface area contributed by atoms with Crippen molar-refractivity contribution in [1.82, 2.24) is 0 Å². The molecule has 0 nitrogen and oxygen atoms in total. The zero-order chi connectivity index (χ0) is 13.7. The maximum Gasteiger partial charge on any atom is 0.103 e. The molecule has 0 bridgehead atoms. The first-order valence-corrected chi connectivity index (χ1v) is 7.71. The van der Waals surface area contributed by atoms with E-state index in [0.717, 1.165) is 31.1 Å². The molecule has 1 heteroatoms. The van der Waals surface area contributed by atoms with Gasteiger partial charge in [-0.2, -0.15) is 0 Å². The number of alkyl halides is 1. The Labute approximate surface area is 113 Å². The number of rotatable bonds is 9. The number of hydrogen-bond acceptors (Lipinski definition) is 0. The zero-order valence-corrected chi connectivity index (χ0v) is 12.7. The standard InChI is InChI=1S/C17H31F/c1-12(2)9-13(3)7-6-8-14(4)17(18)11-16-10-15(16)5/h12-14,16-17H,5-11H2,1-4H3/t13?,14-,16+,17?/m1/s1. The second-order valence-corrected chi connectivity index (χ2v) is 6.95. The summed E-state index contributed by atoms with van der Waals surface area (Å²) < 4.78 is 14.0. The molecule has 1 fully saturated rings. The van der Waals surface area contributed by atoms with E-state index in [0.29, 0.717) is 5.92 Å². The highest BCUT2D eigenvalue weighted by atomic mass is 19.1. The summed E-state index contributed by atoms with van der Waals surface area (Å²) in [5, 5.41) is 0. The van der Waals surface area contributed by atoms with E-state index in [1.165, 1.54) is 24.8 Å². The summed E-state index contributed by atoms with van der Waals surface area (Å²) in [6.45, 7) is 12.9. The van der Waals surface area contributed by atoms with Gasteiger partial charge in [-0.3, -0.25) is 0 Å². The van der Waals surface area contributed by atoms with Crippen LogP contribution < -0.4 is 0 Å². The maximum atomic E-state index is 14.0. The predicted octanol–water partition coefficient (Wildman–Crippen LogP) is 5.78. The van der Waals surface area contributed by atoms with E-state index in [-0.39, 0.29) is 5.92 Å². The van der Waals surface area contributed by atoms with Crippen LogP contribution in [-0.4, -0.2) is 6.17 Å². The van der Waals surface area contributed by atoms with E-state index >= 15 is 0 Å². The van der Waals surface area contributed by atoms with Crippen LogP contribution in [0.2, 0.25) is 0 Å². The van der Waals surface area contributed by atoms with Crippen LogP contribution in [-0.2, 0) is 0 Å². The summed E-state index contributed by atoms with van der Waals surface area (Å²) in [6, 6.07) is 0. The minimum Gasteiger partial charge on any atom is -0.247 e. The Hall–Kier alpha value is -0.330. The third-order valence-corrected chi connectivity index (χ3v) is 4.28. The van der Waals surface area contributed by atoms with E-state index in [1.807, 2.05) is 0 Å². The Balaban J connectivity index is 2.08. The van der Waals surface area contributed by atoms with Crippen molar-refractivity contribution < 1.29 is 4.39 Å². The van der Waals surface area contributed by atoms with Crippen molar-refractivity contribution in [3.05, 3.63) is 12.2 Å². The summed E-state index contributed by atoms with van der Waals surface area (Å²) in [7, 11) is 0. The Bertz CT molecular complexity index is 256. The highest BCUT2D eigenvalue weighted by Gasteiger charge is 2.31. The van der Waals surface area contributed by atoms with Gasteiger partial charge in [-0.1, -0.05) is 52.7 Å². The first-order valence-electron chi connectivity index (χ1n) is 7.71. The second-order valence-electron chi connectivity index (χ2n) is 6.95. The molecule has 1 rings (SSSR count). The van der Waals surface area contributed by atoms with Gasteiger partial charge in [0, 0.05) is 0 Å². The van der Waals surface area contributed by atoms with Gasteiger partial charge in [0.15, 0.2) is 0 Å². The lowest BCUT2D eigenvalue weighted by Crippen LogP contribution is -2.14. The molecule has 0 aromatic carbocycles. The molecule has 0 aromatic rings. The third kappa shape index (κ3) is 6.02. The summed E-state index contributed by atoms with van der Waals surface area (Å²) >= 11 is 0. The van der Waals surface area contributed by atoms with Gasteiger partial charge in [0.2, 0.25) is 0 Å². The first-order chi connectivity index (χ1) is 8.40. The van der Waals surface area contributed by atoms with E-state index in [1.54, 1.807) is 0 Å². The van der Waals surface area contributed by atoms with Crippen LogP contribution in [0.15, 0.2) is 12.2 Å². The molecule has 0 amide bonds. The fraction of sp³-hybridized carbons (Fsp3) is 0.882. The Kier molecular flexibility index (Phi) is 6.38. The Morgan fingerprint density at radius 1 is 1.22 bits per heavy atom. The smallest absolute Gasteiger partial charge is 0.103 e. The van der Waals surface area contributed by atoms with Crippen molar-refractivity contribution in [2.45, 2.75) is 72.4 Å². The topological polar surface area (TPSA) is 0 Å². The molecular weight excluding hydrogens is 223 g/mol. The number of allylic oxidation sites excluding steroid dienone is 1.